The van der Waals surface area contributed by atoms with E-state index >= 15 is 0 Å². The van der Waals surface area contributed by atoms with Crippen molar-refractivity contribution in [2.75, 3.05) is 0 Å². The van der Waals surface area contributed by atoms with Crippen LogP contribution in [-0.4, -0.2) is 24.7 Å². The van der Waals surface area contributed by atoms with Gasteiger partial charge >= 0.3 is 0 Å². The van der Waals surface area contributed by atoms with Crippen LogP contribution in [0.15, 0.2) is 25.0 Å². The van der Waals surface area contributed by atoms with Gasteiger partial charge in [0.25, 0.3) is 0 Å². The van der Waals surface area contributed by atoms with Crippen LogP contribution in [0.5, 0.6) is 0 Å². The molecule has 2 aromatic heterocycles. The number of imidazole rings is 1. The molecule has 0 aliphatic heterocycles. The third-order valence-corrected chi connectivity index (χ3v) is 1.50. The average Bonchev–Trinajstić information content (AvgIpc) is 2.67. The number of hydrogen-bond acceptors (Lipinski definition) is 3. The molecule has 0 amide bonds. The second-order valence-electron chi connectivity index (χ2n) is 2.03. The Kier molecular flexibility index (Phi) is 3.21. The topological polar surface area (TPSA) is 62.3 Å². The van der Waals surface area contributed by atoms with Gasteiger partial charge < -0.3 is 9.55 Å². The molecule has 0 radical (unpaired) electrons. The minimum atomic E-state index is 0.653. The molecule has 6 heteroatoms. The van der Waals surface area contributed by atoms with E-state index in [1.807, 2.05) is 7.05 Å². The van der Waals surface area contributed by atoms with Crippen LogP contribution in [0.4, 0.5) is 0 Å². The van der Waals surface area contributed by atoms with Crippen LogP contribution < -0.4 is 0 Å². The van der Waals surface area contributed by atoms with Gasteiger partial charge in [-0.05, 0) is 12.2 Å². The maximum absolute atomic E-state index is 4.73. The van der Waals surface area contributed by atoms with Crippen molar-refractivity contribution in [2.45, 2.75) is 0 Å². The zero-order valence-corrected chi connectivity index (χ0v) is 7.38. The van der Waals surface area contributed by atoms with E-state index < -0.39 is 0 Å². The quantitative estimate of drug-likeness (QED) is 0.596. The van der Waals surface area contributed by atoms with E-state index in [2.05, 4.69) is 20.2 Å². The number of nitrogens with zero attached hydrogens (tertiary/aromatic N) is 3. The molecule has 2 heterocycles. The number of aryl methyl sites for hydroxylation is 1. The van der Waals surface area contributed by atoms with Crippen molar-refractivity contribution in [3.8, 4) is 0 Å². The Balaban J connectivity index is 0.000000127. The van der Waals surface area contributed by atoms with Gasteiger partial charge in [0, 0.05) is 19.4 Å². The lowest BCUT2D eigenvalue weighted by Gasteiger charge is -1.77. The summed E-state index contributed by atoms with van der Waals surface area (Å²) in [7, 11) is 1.84. The van der Waals surface area contributed by atoms with Crippen LogP contribution in [0.2, 0.25) is 0 Å². The molecule has 0 unspecified atom stereocenters. The molecule has 5 nitrogen and oxygen atoms in total. The van der Waals surface area contributed by atoms with Crippen molar-refractivity contribution in [3.63, 3.8) is 0 Å². The van der Waals surface area contributed by atoms with Crippen molar-refractivity contribution < 1.29 is 0 Å². The Hall–Kier alpha value is -1.43. The fraction of sp³-hybridized carbons (Fsp3) is 0.167. The predicted molar refractivity (Wildman–Crippen MR) is 47.0 cm³/mol. The lowest BCUT2D eigenvalue weighted by Crippen LogP contribution is -1.81. The zero-order valence-electron chi connectivity index (χ0n) is 6.56. The summed E-state index contributed by atoms with van der Waals surface area (Å²) in [6.45, 7) is 0. The van der Waals surface area contributed by atoms with Gasteiger partial charge in [0.05, 0.1) is 6.33 Å². The van der Waals surface area contributed by atoms with E-state index in [0.717, 1.165) is 0 Å². The summed E-state index contributed by atoms with van der Waals surface area (Å²) in [5, 5.41) is 6.25. The summed E-state index contributed by atoms with van der Waals surface area (Å²) in [6.07, 6.45) is 6.71. The third kappa shape index (κ3) is 2.67. The van der Waals surface area contributed by atoms with Crippen LogP contribution in [0.3, 0.4) is 0 Å². The highest BCUT2D eigenvalue weighted by Gasteiger charge is 1.78. The van der Waals surface area contributed by atoms with Crippen molar-refractivity contribution in [1.29, 1.82) is 0 Å². The van der Waals surface area contributed by atoms with Gasteiger partial charge in [-0.2, -0.15) is 5.10 Å². The predicted octanol–water partition coefficient (Wildman–Crippen LogP) is 0.887. The molecular weight excluding hydrogens is 174 g/mol. The molecule has 0 saturated carbocycles. The standard InChI is InChI=1S/C3H5N3S.C3H4N2/c1-6-2-4-5-3(6)7;1-2-5-3-4-1/h2H,1H3,(H,5,7);1-3H,(H,4,5). The number of H-pyrrole nitrogens is 2. The summed E-state index contributed by atoms with van der Waals surface area (Å²) < 4.78 is 2.38. The monoisotopic (exact) mass is 183 g/mol. The van der Waals surface area contributed by atoms with Gasteiger partial charge in [-0.15, -0.1) is 0 Å². The molecule has 0 aliphatic carbocycles. The molecule has 2 rings (SSSR count). The third-order valence-electron chi connectivity index (χ3n) is 1.12. The normalized spacial score (nSPS) is 8.75. The van der Waals surface area contributed by atoms with Crippen LogP contribution in [0, 0.1) is 4.77 Å². The van der Waals surface area contributed by atoms with Crippen LogP contribution in [-0.2, 0) is 7.05 Å². The lowest BCUT2D eigenvalue weighted by atomic mass is 11.0. The van der Waals surface area contributed by atoms with Crippen LogP contribution in [0.1, 0.15) is 0 Å². The SMILES string of the molecule is Cn1cn[nH]c1=S.c1c[nH]cn1. The molecule has 64 valence electrons. The lowest BCUT2D eigenvalue weighted by molar-refractivity contribution is 0.893. The number of aromatic nitrogens is 5. The molecule has 0 aromatic carbocycles. The highest BCUT2D eigenvalue weighted by molar-refractivity contribution is 7.71. The largest absolute Gasteiger partial charge is 0.351 e. The van der Waals surface area contributed by atoms with Crippen molar-refractivity contribution in [2.24, 2.45) is 7.05 Å². The summed E-state index contributed by atoms with van der Waals surface area (Å²) >= 11 is 4.73. The summed E-state index contributed by atoms with van der Waals surface area (Å²) in [4.78, 5) is 6.42. The fourth-order valence-electron chi connectivity index (χ4n) is 0.517. The van der Waals surface area contributed by atoms with E-state index in [-0.39, 0.29) is 0 Å². The summed E-state index contributed by atoms with van der Waals surface area (Å²) in [5.41, 5.74) is 0. The highest BCUT2D eigenvalue weighted by Crippen LogP contribution is 1.76. The van der Waals surface area contributed by atoms with Gasteiger partial charge in [-0.3, -0.25) is 5.10 Å². The number of rotatable bonds is 0. The Bertz CT molecular complexity index is 329. The first kappa shape index (κ1) is 8.66. The van der Waals surface area contributed by atoms with Gasteiger partial charge in [-0.25, -0.2) is 4.98 Å². The highest BCUT2D eigenvalue weighted by atomic mass is 32.1. The zero-order chi connectivity index (χ0) is 8.81. The van der Waals surface area contributed by atoms with Gasteiger partial charge in [0.2, 0.25) is 0 Å². The Morgan fingerprint density at radius 3 is 2.58 bits per heavy atom. The molecule has 0 fully saturated rings. The molecule has 0 spiro atoms. The van der Waals surface area contributed by atoms with Gasteiger partial charge in [0.15, 0.2) is 4.77 Å². The molecule has 0 aliphatic rings. The molecule has 12 heavy (non-hydrogen) atoms. The van der Waals surface area contributed by atoms with E-state index in [4.69, 9.17) is 12.2 Å². The molecule has 2 N–H and O–H groups in total. The first-order valence-corrected chi connectivity index (χ1v) is 3.70. The number of hydrogen-bond donors (Lipinski definition) is 2. The fourth-order valence-corrected chi connectivity index (χ4v) is 0.617. The molecule has 2 aromatic rings. The van der Waals surface area contributed by atoms with Gasteiger partial charge in [0.1, 0.15) is 6.33 Å². The van der Waals surface area contributed by atoms with E-state index in [0.29, 0.717) is 4.77 Å². The molecule has 0 bridgehead atoms. The maximum Gasteiger partial charge on any atom is 0.194 e. The second kappa shape index (κ2) is 4.45. The first-order valence-electron chi connectivity index (χ1n) is 3.29. The molecular formula is C6H9N5S. The van der Waals surface area contributed by atoms with E-state index in [1.54, 1.807) is 29.6 Å². The van der Waals surface area contributed by atoms with Crippen LogP contribution >= 0.6 is 12.2 Å². The van der Waals surface area contributed by atoms with Crippen LogP contribution in [0.25, 0.3) is 0 Å². The average molecular weight is 183 g/mol. The Labute approximate surface area is 74.5 Å². The molecule has 0 atom stereocenters. The smallest absolute Gasteiger partial charge is 0.194 e. The number of nitrogens with one attached hydrogen (secondary N) is 2. The van der Waals surface area contributed by atoms with Crippen molar-refractivity contribution in [1.82, 2.24) is 24.7 Å². The van der Waals surface area contributed by atoms with E-state index in [9.17, 15) is 0 Å². The minimum Gasteiger partial charge on any atom is -0.351 e. The molecule has 0 saturated heterocycles. The first-order chi connectivity index (χ1) is 5.80. The number of aromatic amines is 2. The van der Waals surface area contributed by atoms with Crippen molar-refractivity contribution in [3.05, 3.63) is 29.8 Å². The maximum atomic E-state index is 4.73. The Morgan fingerprint density at radius 1 is 1.58 bits per heavy atom. The summed E-state index contributed by atoms with van der Waals surface area (Å²) in [5.74, 6) is 0. The second-order valence-corrected chi connectivity index (χ2v) is 2.42. The summed E-state index contributed by atoms with van der Waals surface area (Å²) in [6, 6.07) is 0. The van der Waals surface area contributed by atoms with Gasteiger partial charge in [-0.1, -0.05) is 0 Å². The van der Waals surface area contributed by atoms with Crippen molar-refractivity contribution >= 4 is 12.2 Å². The van der Waals surface area contributed by atoms with E-state index in [1.165, 1.54) is 0 Å². The Morgan fingerprint density at radius 2 is 2.42 bits per heavy atom. The minimum absolute atomic E-state index is 0.653.